The second-order valence-electron chi connectivity index (χ2n) is 8.39. The van der Waals surface area contributed by atoms with Crippen molar-refractivity contribution < 1.29 is 14.3 Å². The second kappa shape index (κ2) is 9.04. The number of benzene rings is 2. The molecule has 0 aliphatic carbocycles. The van der Waals surface area contributed by atoms with E-state index in [0.717, 1.165) is 12.8 Å². The molecule has 1 saturated heterocycles. The van der Waals surface area contributed by atoms with E-state index < -0.39 is 6.04 Å². The predicted molar refractivity (Wildman–Crippen MR) is 118 cm³/mol. The Hall–Kier alpha value is -2.27. The fourth-order valence-corrected chi connectivity index (χ4v) is 4.96. The zero-order valence-corrected chi connectivity index (χ0v) is 18.4. The van der Waals surface area contributed by atoms with Gasteiger partial charge in [0.05, 0.1) is 12.5 Å². The number of aryl methyl sites for hydroxylation is 1. The fraction of sp³-hybridized carbons (Fsp3) is 0.417. The van der Waals surface area contributed by atoms with Crippen LogP contribution in [-0.4, -0.2) is 41.1 Å². The lowest BCUT2D eigenvalue weighted by Gasteiger charge is -2.28. The molecule has 1 aliphatic heterocycles. The molecule has 0 radical (unpaired) electrons. The van der Waals surface area contributed by atoms with E-state index in [4.69, 9.17) is 4.74 Å². The first-order valence-electron chi connectivity index (χ1n) is 9.98. The number of nitrogens with zero attached hydrogens (tertiary/aromatic N) is 1. The number of hydrogen-bond acceptors (Lipinski definition) is 4. The Morgan fingerprint density at radius 3 is 2.31 bits per heavy atom. The average molecular weight is 412 g/mol. The Morgan fingerprint density at radius 2 is 1.72 bits per heavy atom. The summed E-state index contributed by atoms with van der Waals surface area (Å²) in [5, 5.41) is -0.0471. The number of methoxy groups -OCH3 is 1. The average Bonchev–Trinajstić information content (AvgIpc) is 3.15. The molecule has 3 rings (SSSR count). The lowest BCUT2D eigenvalue weighted by molar-refractivity contribution is -0.145. The minimum Gasteiger partial charge on any atom is -0.467 e. The van der Waals surface area contributed by atoms with Crippen LogP contribution in [-0.2, 0) is 21.4 Å². The van der Waals surface area contributed by atoms with Crippen molar-refractivity contribution in [3.63, 3.8) is 0 Å². The largest absolute Gasteiger partial charge is 0.467 e. The maximum atomic E-state index is 13.4. The van der Waals surface area contributed by atoms with Crippen LogP contribution in [0.5, 0.6) is 0 Å². The van der Waals surface area contributed by atoms with E-state index in [2.05, 4.69) is 32.9 Å². The third-order valence-electron chi connectivity index (χ3n) is 5.32. The minimum absolute atomic E-state index is 0.0256. The Bertz CT molecular complexity index is 843. The highest BCUT2D eigenvalue weighted by Crippen LogP contribution is 2.34. The minimum atomic E-state index is -0.541. The van der Waals surface area contributed by atoms with Gasteiger partial charge in [0.25, 0.3) is 5.91 Å². The standard InChI is InChI=1S/C24H29NO3S/c1-24(2,3)19-13-11-18(12-14-19)22(26)25-20(23(27)28-4)16-29-21(25)15-10-17-8-6-5-7-9-17/h5-9,11-14,20-21H,10,15-16H2,1-4H3. The molecule has 0 spiro atoms. The van der Waals surface area contributed by atoms with Gasteiger partial charge in [0.1, 0.15) is 6.04 Å². The van der Waals surface area contributed by atoms with Gasteiger partial charge in [0.15, 0.2) is 0 Å². The summed E-state index contributed by atoms with van der Waals surface area (Å²) < 4.78 is 4.98. The number of rotatable bonds is 5. The maximum absolute atomic E-state index is 13.4. The SMILES string of the molecule is COC(=O)C1CSC(CCc2ccccc2)N1C(=O)c1ccc(C(C)(C)C)cc1. The Kier molecular flexibility index (Phi) is 6.68. The smallest absolute Gasteiger partial charge is 0.329 e. The molecule has 2 aromatic carbocycles. The molecule has 29 heavy (non-hydrogen) atoms. The van der Waals surface area contributed by atoms with E-state index in [1.807, 2.05) is 42.5 Å². The van der Waals surface area contributed by atoms with E-state index in [-0.39, 0.29) is 22.7 Å². The summed E-state index contributed by atoms with van der Waals surface area (Å²) >= 11 is 1.66. The molecule has 154 valence electrons. The van der Waals surface area contributed by atoms with Crippen LogP contribution in [0.1, 0.15) is 48.7 Å². The second-order valence-corrected chi connectivity index (χ2v) is 9.60. The molecular weight excluding hydrogens is 382 g/mol. The van der Waals surface area contributed by atoms with Gasteiger partial charge in [-0.05, 0) is 41.5 Å². The highest BCUT2D eigenvalue weighted by Gasteiger charge is 2.42. The van der Waals surface area contributed by atoms with Gasteiger partial charge in [-0.1, -0.05) is 63.2 Å². The van der Waals surface area contributed by atoms with Crippen molar-refractivity contribution in [2.45, 2.75) is 50.4 Å². The Morgan fingerprint density at radius 1 is 1.07 bits per heavy atom. The topological polar surface area (TPSA) is 46.6 Å². The molecule has 0 N–H and O–H groups in total. The fourth-order valence-electron chi connectivity index (χ4n) is 3.57. The van der Waals surface area contributed by atoms with Gasteiger partial charge in [-0.25, -0.2) is 4.79 Å². The van der Waals surface area contributed by atoms with Crippen LogP contribution in [0.25, 0.3) is 0 Å². The van der Waals surface area contributed by atoms with Gasteiger partial charge in [-0.15, -0.1) is 11.8 Å². The molecule has 5 heteroatoms. The molecule has 1 aliphatic rings. The quantitative estimate of drug-likeness (QED) is 0.671. The summed E-state index contributed by atoms with van der Waals surface area (Å²) in [4.78, 5) is 27.4. The van der Waals surface area contributed by atoms with Gasteiger partial charge in [0.2, 0.25) is 0 Å². The highest BCUT2D eigenvalue weighted by molar-refractivity contribution is 8.00. The zero-order valence-electron chi connectivity index (χ0n) is 17.6. The maximum Gasteiger partial charge on any atom is 0.329 e. The monoisotopic (exact) mass is 411 g/mol. The van der Waals surface area contributed by atoms with Crippen LogP contribution in [0.4, 0.5) is 0 Å². The van der Waals surface area contributed by atoms with E-state index >= 15 is 0 Å². The first kappa shape index (κ1) is 21.4. The summed E-state index contributed by atoms with van der Waals surface area (Å²) in [6.45, 7) is 6.44. The Balaban J connectivity index is 1.81. The molecule has 0 aromatic heterocycles. The van der Waals surface area contributed by atoms with Gasteiger partial charge in [-0.3, -0.25) is 4.79 Å². The van der Waals surface area contributed by atoms with Crippen LogP contribution in [0, 0.1) is 0 Å². The van der Waals surface area contributed by atoms with Crippen molar-refractivity contribution in [1.82, 2.24) is 4.90 Å². The summed E-state index contributed by atoms with van der Waals surface area (Å²) in [6.07, 6.45) is 1.66. The molecule has 1 heterocycles. The van der Waals surface area contributed by atoms with Gasteiger partial charge >= 0.3 is 5.97 Å². The molecule has 2 atom stereocenters. The zero-order chi connectivity index (χ0) is 21.0. The van der Waals surface area contributed by atoms with Gasteiger partial charge in [-0.2, -0.15) is 0 Å². The first-order chi connectivity index (χ1) is 13.8. The van der Waals surface area contributed by atoms with Crippen LogP contribution < -0.4 is 0 Å². The normalized spacial score (nSPS) is 19.2. The van der Waals surface area contributed by atoms with Crippen molar-refractivity contribution >= 4 is 23.6 Å². The lowest BCUT2D eigenvalue weighted by Crippen LogP contribution is -2.46. The summed E-state index contributed by atoms with van der Waals surface area (Å²) in [6, 6.07) is 17.4. The number of ether oxygens (including phenoxy) is 1. The summed E-state index contributed by atoms with van der Waals surface area (Å²) in [7, 11) is 1.38. The summed E-state index contributed by atoms with van der Waals surface area (Å²) in [5.74, 6) is 0.112. The molecule has 0 bridgehead atoms. The van der Waals surface area contributed by atoms with Crippen LogP contribution in [0.15, 0.2) is 54.6 Å². The molecule has 0 saturated carbocycles. The lowest BCUT2D eigenvalue weighted by atomic mass is 9.86. The number of hydrogen-bond donors (Lipinski definition) is 0. The number of thioether (sulfide) groups is 1. The van der Waals surface area contributed by atoms with E-state index in [1.54, 1.807) is 16.7 Å². The van der Waals surface area contributed by atoms with E-state index in [1.165, 1.54) is 18.2 Å². The van der Waals surface area contributed by atoms with E-state index in [9.17, 15) is 9.59 Å². The number of carbonyl (C=O) groups excluding carboxylic acids is 2. The van der Waals surface area contributed by atoms with E-state index in [0.29, 0.717) is 11.3 Å². The molecular formula is C24H29NO3S. The number of amides is 1. The molecule has 4 nitrogen and oxygen atoms in total. The molecule has 1 amide bonds. The molecule has 1 fully saturated rings. The first-order valence-corrected chi connectivity index (χ1v) is 11.0. The van der Waals surface area contributed by atoms with Crippen LogP contribution in [0.3, 0.4) is 0 Å². The van der Waals surface area contributed by atoms with Crippen molar-refractivity contribution in [2.24, 2.45) is 0 Å². The highest BCUT2D eigenvalue weighted by atomic mass is 32.2. The third-order valence-corrected chi connectivity index (χ3v) is 6.68. The van der Waals surface area contributed by atoms with Crippen molar-refractivity contribution in [3.05, 3.63) is 71.3 Å². The van der Waals surface area contributed by atoms with Gasteiger partial charge < -0.3 is 9.64 Å². The molecule has 2 unspecified atom stereocenters. The van der Waals surface area contributed by atoms with Crippen molar-refractivity contribution in [3.8, 4) is 0 Å². The van der Waals surface area contributed by atoms with Crippen LogP contribution >= 0.6 is 11.8 Å². The third kappa shape index (κ3) is 5.02. The van der Waals surface area contributed by atoms with Crippen molar-refractivity contribution in [2.75, 3.05) is 12.9 Å². The number of carbonyl (C=O) groups is 2. The van der Waals surface area contributed by atoms with Crippen LogP contribution in [0.2, 0.25) is 0 Å². The molecule has 2 aromatic rings. The van der Waals surface area contributed by atoms with Gasteiger partial charge in [0, 0.05) is 11.3 Å². The summed E-state index contributed by atoms with van der Waals surface area (Å²) in [5.41, 5.74) is 3.04. The van der Waals surface area contributed by atoms with Crippen molar-refractivity contribution in [1.29, 1.82) is 0 Å². The Labute approximate surface area is 177 Å². The number of esters is 1. The predicted octanol–water partition coefficient (Wildman–Crippen LogP) is 4.67.